The van der Waals surface area contributed by atoms with Crippen LogP contribution in [0.3, 0.4) is 0 Å². The first-order valence-electron chi connectivity index (χ1n) is 10.7. The molecule has 3 rings (SSSR count). The number of aliphatic imine (C=N–C) groups is 1. The second-order valence-electron chi connectivity index (χ2n) is 7.54. The minimum absolute atomic E-state index is 0.0235. The van der Waals surface area contributed by atoms with Crippen molar-refractivity contribution < 1.29 is 14.6 Å². The van der Waals surface area contributed by atoms with Crippen LogP contribution in [0.2, 0.25) is 0 Å². The molecule has 162 valence electrons. The molecule has 1 saturated heterocycles. The number of aliphatic hydroxyl groups excluding tert-OH is 1. The van der Waals surface area contributed by atoms with E-state index >= 15 is 0 Å². The fourth-order valence-corrected chi connectivity index (χ4v) is 3.53. The van der Waals surface area contributed by atoms with Gasteiger partial charge in [-0.05, 0) is 29.5 Å². The monoisotopic (exact) mass is 411 g/mol. The van der Waals surface area contributed by atoms with Crippen molar-refractivity contribution in [3.8, 4) is 0 Å². The van der Waals surface area contributed by atoms with Crippen LogP contribution in [0.15, 0.2) is 59.6 Å². The number of benzene rings is 2. The van der Waals surface area contributed by atoms with Gasteiger partial charge in [0.2, 0.25) is 0 Å². The molecule has 0 aromatic heterocycles. The molecule has 2 aromatic rings. The lowest BCUT2D eigenvalue weighted by Gasteiger charge is -2.22. The number of ether oxygens (including phenoxy) is 2. The maximum absolute atomic E-state index is 9.73. The number of guanidine groups is 1. The second-order valence-corrected chi connectivity index (χ2v) is 7.54. The van der Waals surface area contributed by atoms with Crippen LogP contribution in [0.25, 0.3) is 0 Å². The van der Waals surface area contributed by atoms with E-state index in [0.29, 0.717) is 31.8 Å². The predicted molar refractivity (Wildman–Crippen MR) is 120 cm³/mol. The van der Waals surface area contributed by atoms with Crippen LogP contribution >= 0.6 is 0 Å². The van der Waals surface area contributed by atoms with Gasteiger partial charge in [0.25, 0.3) is 0 Å². The Morgan fingerprint density at radius 3 is 2.60 bits per heavy atom. The van der Waals surface area contributed by atoms with E-state index < -0.39 is 0 Å². The number of hydrogen-bond donors (Lipinski definition) is 3. The average Bonchev–Trinajstić information content (AvgIpc) is 2.81. The Hall–Kier alpha value is -2.41. The summed E-state index contributed by atoms with van der Waals surface area (Å²) < 4.78 is 11.4. The Morgan fingerprint density at radius 2 is 1.87 bits per heavy atom. The molecule has 6 nitrogen and oxygen atoms in total. The first-order chi connectivity index (χ1) is 14.8. The topological polar surface area (TPSA) is 75.1 Å². The number of rotatable bonds is 9. The van der Waals surface area contributed by atoms with Crippen molar-refractivity contribution in [3.05, 3.63) is 71.3 Å². The summed E-state index contributed by atoms with van der Waals surface area (Å²) in [5.74, 6) is 0.739. The van der Waals surface area contributed by atoms with Crippen molar-refractivity contribution in [2.75, 3.05) is 33.4 Å². The van der Waals surface area contributed by atoms with Gasteiger partial charge in [0.05, 0.1) is 19.3 Å². The smallest absolute Gasteiger partial charge is 0.191 e. The molecule has 0 spiro atoms. The third-order valence-corrected chi connectivity index (χ3v) is 5.34. The molecule has 1 aliphatic heterocycles. The lowest BCUT2D eigenvalue weighted by atomic mass is 10.0. The van der Waals surface area contributed by atoms with Gasteiger partial charge >= 0.3 is 0 Å². The number of nitrogens with one attached hydrogen (secondary N) is 2. The van der Waals surface area contributed by atoms with Crippen molar-refractivity contribution in [2.45, 2.75) is 38.0 Å². The summed E-state index contributed by atoms with van der Waals surface area (Å²) in [6.07, 6.45) is 2.25. The standard InChI is InChI=1S/C24H33N3O3/c1-25-24(27-16-22(17-28)21-8-3-2-4-9-21)26-15-19-6-5-7-20(14-19)18-30-23-10-12-29-13-11-23/h2-9,14,22-23,28H,10-13,15-18H2,1H3,(H2,25,26,27). The van der Waals surface area contributed by atoms with Crippen molar-refractivity contribution >= 4 is 5.96 Å². The normalized spacial score (nSPS) is 16.3. The van der Waals surface area contributed by atoms with Crippen molar-refractivity contribution in [2.24, 2.45) is 4.99 Å². The average molecular weight is 412 g/mol. The zero-order valence-corrected chi connectivity index (χ0v) is 17.7. The van der Waals surface area contributed by atoms with Gasteiger partial charge in [0.1, 0.15) is 0 Å². The quantitative estimate of drug-likeness (QED) is 0.437. The zero-order chi connectivity index (χ0) is 21.0. The molecule has 2 aromatic carbocycles. The van der Waals surface area contributed by atoms with Gasteiger partial charge in [-0.25, -0.2) is 0 Å². The van der Waals surface area contributed by atoms with Crippen molar-refractivity contribution in [1.82, 2.24) is 10.6 Å². The highest BCUT2D eigenvalue weighted by Gasteiger charge is 2.14. The third-order valence-electron chi connectivity index (χ3n) is 5.34. The Labute approximate surface area is 179 Å². The van der Waals surface area contributed by atoms with Gasteiger partial charge < -0.3 is 25.2 Å². The van der Waals surface area contributed by atoms with Gasteiger partial charge in [0, 0.05) is 39.3 Å². The highest BCUT2D eigenvalue weighted by molar-refractivity contribution is 5.79. The molecule has 1 atom stereocenters. The highest BCUT2D eigenvalue weighted by Crippen LogP contribution is 2.15. The molecule has 30 heavy (non-hydrogen) atoms. The van der Waals surface area contributed by atoms with Gasteiger partial charge in [-0.3, -0.25) is 4.99 Å². The Kier molecular flexibility index (Phi) is 9.15. The predicted octanol–water partition coefficient (Wildman–Crippen LogP) is 2.82. The maximum Gasteiger partial charge on any atom is 0.191 e. The van der Waals surface area contributed by atoms with E-state index in [1.165, 1.54) is 11.1 Å². The van der Waals surface area contributed by atoms with Gasteiger partial charge in [-0.1, -0.05) is 54.6 Å². The Bertz CT molecular complexity index is 776. The highest BCUT2D eigenvalue weighted by atomic mass is 16.5. The summed E-state index contributed by atoms with van der Waals surface area (Å²) in [6.45, 7) is 3.58. The van der Waals surface area contributed by atoms with Crippen molar-refractivity contribution in [3.63, 3.8) is 0 Å². The minimum atomic E-state index is 0.0235. The van der Waals surface area contributed by atoms with E-state index in [0.717, 1.165) is 31.6 Å². The molecule has 1 aliphatic rings. The van der Waals surface area contributed by atoms with E-state index in [9.17, 15) is 5.11 Å². The van der Waals surface area contributed by atoms with Crippen molar-refractivity contribution in [1.29, 1.82) is 0 Å². The molecule has 0 amide bonds. The summed E-state index contributed by atoms with van der Waals surface area (Å²) in [5, 5.41) is 16.4. The number of hydrogen-bond acceptors (Lipinski definition) is 4. The first-order valence-corrected chi connectivity index (χ1v) is 10.7. The van der Waals surface area contributed by atoms with E-state index in [1.54, 1.807) is 7.05 Å². The minimum Gasteiger partial charge on any atom is -0.396 e. The Morgan fingerprint density at radius 1 is 1.10 bits per heavy atom. The fraction of sp³-hybridized carbons (Fsp3) is 0.458. The van der Waals surface area contributed by atoms with E-state index in [4.69, 9.17) is 9.47 Å². The van der Waals surface area contributed by atoms with Crippen LogP contribution in [0.1, 0.15) is 35.4 Å². The molecule has 6 heteroatoms. The van der Waals surface area contributed by atoms with Gasteiger partial charge in [0.15, 0.2) is 5.96 Å². The lowest BCUT2D eigenvalue weighted by molar-refractivity contribution is -0.0390. The molecular formula is C24H33N3O3. The first kappa shape index (κ1) is 22.3. The number of nitrogens with zero attached hydrogens (tertiary/aromatic N) is 1. The summed E-state index contributed by atoms with van der Waals surface area (Å²) in [4.78, 5) is 4.30. The van der Waals surface area contributed by atoms with Gasteiger partial charge in [-0.15, -0.1) is 0 Å². The molecule has 1 fully saturated rings. The van der Waals surface area contributed by atoms with Crippen LogP contribution in [0.5, 0.6) is 0 Å². The largest absolute Gasteiger partial charge is 0.396 e. The molecular weight excluding hydrogens is 378 g/mol. The van der Waals surface area contributed by atoms with Crippen LogP contribution in [0.4, 0.5) is 0 Å². The summed E-state index contributed by atoms with van der Waals surface area (Å²) >= 11 is 0. The van der Waals surface area contributed by atoms with E-state index in [-0.39, 0.29) is 12.5 Å². The van der Waals surface area contributed by atoms with Crippen LogP contribution in [0, 0.1) is 0 Å². The number of aliphatic hydroxyl groups is 1. The van der Waals surface area contributed by atoms with E-state index in [1.807, 2.05) is 30.3 Å². The molecule has 1 unspecified atom stereocenters. The van der Waals surface area contributed by atoms with Crippen LogP contribution in [-0.4, -0.2) is 50.6 Å². The molecule has 0 saturated carbocycles. The summed E-state index contributed by atoms with van der Waals surface area (Å²) in [7, 11) is 1.75. The van der Waals surface area contributed by atoms with E-state index in [2.05, 4.69) is 39.9 Å². The second kappa shape index (κ2) is 12.3. The molecule has 0 radical (unpaired) electrons. The Balaban J connectivity index is 1.46. The SMILES string of the molecule is CN=C(NCc1cccc(COC2CCOCC2)c1)NCC(CO)c1ccccc1. The zero-order valence-electron chi connectivity index (χ0n) is 17.7. The van der Waals surface area contributed by atoms with Gasteiger partial charge in [-0.2, -0.15) is 0 Å². The molecule has 3 N–H and O–H groups in total. The van der Waals surface area contributed by atoms with Crippen LogP contribution < -0.4 is 10.6 Å². The summed E-state index contributed by atoms with van der Waals surface area (Å²) in [6, 6.07) is 18.5. The molecule has 0 bridgehead atoms. The third kappa shape index (κ3) is 7.13. The van der Waals surface area contributed by atoms with Crippen LogP contribution in [-0.2, 0) is 22.6 Å². The lowest BCUT2D eigenvalue weighted by Crippen LogP contribution is -2.39. The molecule has 0 aliphatic carbocycles. The molecule has 1 heterocycles. The summed E-state index contributed by atoms with van der Waals surface area (Å²) in [5.41, 5.74) is 3.46. The maximum atomic E-state index is 9.73. The fourth-order valence-electron chi connectivity index (χ4n) is 3.53.